The van der Waals surface area contributed by atoms with Gasteiger partial charge in [-0.3, -0.25) is 4.79 Å². The van der Waals surface area contributed by atoms with Gasteiger partial charge in [-0.15, -0.1) is 0 Å². The molecule has 0 unspecified atom stereocenters. The van der Waals surface area contributed by atoms with Crippen LogP contribution >= 0.6 is 0 Å². The van der Waals surface area contributed by atoms with Crippen LogP contribution in [0.3, 0.4) is 0 Å². The fourth-order valence-corrected chi connectivity index (χ4v) is 1.41. The topological polar surface area (TPSA) is 50.1 Å². The van der Waals surface area contributed by atoms with E-state index in [2.05, 4.69) is 0 Å². The van der Waals surface area contributed by atoms with E-state index >= 15 is 0 Å². The summed E-state index contributed by atoms with van der Waals surface area (Å²) in [5, 5.41) is 8.96. The van der Waals surface area contributed by atoms with Gasteiger partial charge in [-0.2, -0.15) is 5.26 Å². The zero-order valence-corrected chi connectivity index (χ0v) is 9.76. The van der Waals surface area contributed by atoms with Crippen LogP contribution in [0.2, 0.25) is 0 Å². The molecule has 1 aliphatic rings. The van der Waals surface area contributed by atoms with Gasteiger partial charge in [-0.05, 0) is 0 Å². The predicted molar refractivity (Wildman–Crippen MR) is 57.1 cm³/mol. The molecule has 0 bridgehead atoms. The number of nitrogens with zero attached hydrogens (tertiary/aromatic N) is 1. The largest absolute Gasteiger partial charge is 0.379 e. The van der Waals surface area contributed by atoms with E-state index in [-0.39, 0.29) is 16.8 Å². The Morgan fingerprint density at radius 3 is 2.27 bits per heavy atom. The lowest BCUT2D eigenvalue weighted by atomic mass is 9.81. The maximum atomic E-state index is 11.9. The summed E-state index contributed by atoms with van der Waals surface area (Å²) in [6.07, 6.45) is 1.75. The Labute approximate surface area is 90.7 Å². The Hall–Kier alpha value is -1.14. The molecule has 1 aliphatic heterocycles. The van der Waals surface area contributed by atoms with Crippen molar-refractivity contribution in [2.45, 2.75) is 27.7 Å². The van der Waals surface area contributed by atoms with Crippen LogP contribution < -0.4 is 0 Å². The molecule has 0 amide bonds. The van der Waals surface area contributed by atoms with Crippen molar-refractivity contribution in [3.8, 4) is 6.07 Å². The molecule has 1 rings (SSSR count). The van der Waals surface area contributed by atoms with Crippen molar-refractivity contribution >= 4 is 5.78 Å². The molecule has 0 aromatic carbocycles. The van der Waals surface area contributed by atoms with E-state index in [0.29, 0.717) is 13.2 Å². The van der Waals surface area contributed by atoms with E-state index in [1.165, 1.54) is 0 Å². The van der Waals surface area contributed by atoms with Crippen LogP contribution in [-0.2, 0) is 9.53 Å². The number of Topliss-reactive ketones (excluding diaryl/α,β-unsaturated/α-hetero) is 1. The van der Waals surface area contributed by atoms with Crippen molar-refractivity contribution in [1.82, 2.24) is 0 Å². The van der Waals surface area contributed by atoms with Crippen molar-refractivity contribution in [3.63, 3.8) is 0 Å². The van der Waals surface area contributed by atoms with E-state index in [0.717, 1.165) is 0 Å². The van der Waals surface area contributed by atoms with Gasteiger partial charge in [0.1, 0.15) is 6.07 Å². The second kappa shape index (κ2) is 3.79. The maximum absolute atomic E-state index is 11.9. The molecular weight excluding hydrogens is 190 g/mol. The molecule has 1 saturated heterocycles. The number of ether oxygens (including phenoxy) is 1. The number of carbonyl (C=O) groups is 1. The maximum Gasteiger partial charge on any atom is 0.178 e. The number of hydrogen-bond donors (Lipinski definition) is 0. The first-order chi connectivity index (χ1) is 6.78. The van der Waals surface area contributed by atoms with Gasteiger partial charge < -0.3 is 4.74 Å². The highest BCUT2D eigenvalue weighted by atomic mass is 16.5. The molecule has 0 spiro atoms. The Balaban J connectivity index is 2.90. The third kappa shape index (κ3) is 2.66. The Bertz CT molecular complexity index is 338. The number of hydrogen-bond acceptors (Lipinski definition) is 3. The number of ketones is 1. The number of carbonyl (C=O) groups excluding carboxylic acids is 1. The second-order valence-electron chi connectivity index (χ2n) is 5.40. The van der Waals surface area contributed by atoms with Crippen LogP contribution in [0.4, 0.5) is 0 Å². The van der Waals surface area contributed by atoms with E-state index in [4.69, 9.17) is 10.00 Å². The molecule has 15 heavy (non-hydrogen) atoms. The highest BCUT2D eigenvalue weighted by Gasteiger charge is 2.34. The molecule has 1 fully saturated rings. The summed E-state index contributed by atoms with van der Waals surface area (Å²) in [6.45, 7) is 8.63. The smallest absolute Gasteiger partial charge is 0.178 e. The highest BCUT2D eigenvalue weighted by molar-refractivity contribution is 6.02. The molecule has 0 N–H and O–H groups in total. The summed E-state index contributed by atoms with van der Waals surface area (Å²) in [5.74, 6) is -0.0990. The summed E-state index contributed by atoms with van der Waals surface area (Å²) in [6, 6.07) is 1.99. The Morgan fingerprint density at radius 2 is 2.00 bits per heavy atom. The van der Waals surface area contributed by atoms with Crippen LogP contribution in [0, 0.1) is 22.2 Å². The average molecular weight is 207 g/mol. The standard InChI is InChI=1S/C12H17NO2/c1-11(2,3)10(14)9(6-13)5-12(4)7-15-8-12/h5H,7-8H2,1-4H3/b9-5+. The Kier molecular flexibility index (Phi) is 3.01. The molecule has 82 valence electrons. The van der Waals surface area contributed by atoms with Crippen molar-refractivity contribution in [2.75, 3.05) is 13.2 Å². The SMILES string of the molecule is CC1(/C=C(\C#N)C(=O)C(C)(C)C)COC1. The molecule has 0 aromatic heterocycles. The van der Waals surface area contributed by atoms with Gasteiger partial charge in [0.2, 0.25) is 0 Å². The molecule has 3 nitrogen and oxygen atoms in total. The van der Waals surface area contributed by atoms with Crippen molar-refractivity contribution in [3.05, 3.63) is 11.6 Å². The van der Waals surface area contributed by atoms with Gasteiger partial charge in [0.15, 0.2) is 5.78 Å². The van der Waals surface area contributed by atoms with E-state index in [1.807, 2.05) is 33.8 Å². The van der Waals surface area contributed by atoms with E-state index < -0.39 is 5.41 Å². The van der Waals surface area contributed by atoms with E-state index in [9.17, 15) is 4.79 Å². The van der Waals surface area contributed by atoms with Crippen LogP contribution in [0.5, 0.6) is 0 Å². The molecule has 0 saturated carbocycles. The predicted octanol–water partition coefficient (Wildman–Crippen LogP) is 2.09. The minimum Gasteiger partial charge on any atom is -0.379 e. The molecule has 0 radical (unpaired) electrons. The monoisotopic (exact) mass is 207 g/mol. The minimum atomic E-state index is -0.497. The fourth-order valence-electron chi connectivity index (χ4n) is 1.41. The zero-order chi connectivity index (χ0) is 11.7. The zero-order valence-electron chi connectivity index (χ0n) is 9.76. The van der Waals surface area contributed by atoms with Gasteiger partial charge >= 0.3 is 0 Å². The molecule has 0 aliphatic carbocycles. The van der Waals surface area contributed by atoms with Crippen molar-refractivity contribution in [1.29, 1.82) is 5.26 Å². The molecular formula is C12H17NO2. The third-order valence-corrected chi connectivity index (χ3v) is 2.40. The van der Waals surface area contributed by atoms with Crippen LogP contribution in [-0.4, -0.2) is 19.0 Å². The lowest BCUT2D eigenvalue weighted by Gasteiger charge is -2.35. The average Bonchev–Trinajstić information content (AvgIpc) is 2.08. The Morgan fingerprint density at radius 1 is 1.47 bits per heavy atom. The summed E-state index contributed by atoms with van der Waals surface area (Å²) >= 11 is 0. The van der Waals surface area contributed by atoms with Gasteiger partial charge in [0.05, 0.1) is 18.8 Å². The van der Waals surface area contributed by atoms with Crippen molar-refractivity contribution in [2.24, 2.45) is 10.8 Å². The first-order valence-corrected chi connectivity index (χ1v) is 5.04. The van der Waals surface area contributed by atoms with Gasteiger partial charge in [-0.1, -0.05) is 33.8 Å². The summed E-state index contributed by atoms with van der Waals surface area (Å²) in [7, 11) is 0. The number of allylic oxidation sites excluding steroid dienone is 1. The molecule has 0 aromatic rings. The lowest BCUT2D eigenvalue weighted by Crippen LogP contribution is -2.38. The highest BCUT2D eigenvalue weighted by Crippen LogP contribution is 2.31. The summed E-state index contributed by atoms with van der Waals surface area (Å²) < 4.78 is 5.08. The van der Waals surface area contributed by atoms with E-state index in [1.54, 1.807) is 6.08 Å². The molecule has 1 heterocycles. The minimum absolute atomic E-state index is 0.0990. The molecule has 3 heteroatoms. The van der Waals surface area contributed by atoms with Crippen LogP contribution in [0.1, 0.15) is 27.7 Å². The summed E-state index contributed by atoms with van der Waals surface area (Å²) in [5.41, 5.74) is -0.373. The fraction of sp³-hybridized carbons (Fsp3) is 0.667. The van der Waals surface area contributed by atoms with Gasteiger partial charge in [0.25, 0.3) is 0 Å². The normalized spacial score (nSPS) is 20.3. The van der Waals surface area contributed by atoms with Crippen LogP contribution in [0.25, 0.3) is 0 Å². The quantitative estimate of drug-likeness (QED) is 0.514. The van der Waals surface area contributed by atoms with Gasteiger partial charge in [0, 0.05) is 10.8 Å². The third-order valence-electron chi connectivity index (χ3n) is 2.40. The first-order valence-electron chi connectivity index (χ1n) is 5.04. The summed E-state index contributed by atoms with van der Waals surface area (Å²) in [4.78, 5) is 11.9. The number of rotatable bonds is 2. The second-order valence-corrected chi connectivity index (χ2v) is 5.40. The lowest BCUT2D eigenvalue weighted by molar-refractivity contribution is -0.122. The first kappa shape index (κ1) is 11.9. The van der Waals surface area contributed by atoms with Crippen LogP contribution in [0.15, 0.2) is 11.6 Å². The molecule has 0 atom stereocenters. The van der Waals surface area contributed by atoms with Gasteiger partial charge in [-0.25, -0.2) is 0 Å². The number of nitriles is 1. The van der Waals surface area contributed by atoms with Crippen molar-refractivity contribution < 1.29 is 9.53 Å².